The first-order chi connectivity index (χ1) is 18.5. The first-order valence-electron chi connectivity index (χ1n) is 12.9. The molecular weight excluding hydrogens is 522 g/mol. The molecule has 0 radical (unpaired) electrons. The fourth-order valence-corrected chi connectivity index (χ4v) is 4.05. The van der Waals surface area contributed by atoms with Crippen molar-refractivity contribution in [1.29, 1.82) is 0 Å². The molecule has 3 amide bonds. The predicted molar refractivity (Wildman–Crippen MR) is 143 cm³/mol. The molecule has 1 fully saturated rings. The summed E-state index contributed by atoms with van der Waals surface area (Å²) in [5, 5.41) is 2.58. The fourth-order valence-electron chi connectivity index (χ4n) is 4.05. The van der Waals surface area contributed by atoms with E-state index in [1.165, 1.54) is 9.80 Å². The minimum Gasteiger partial charge on any atom is -0.469 e. The van der Waals surface area contributed by atoms with Crippen LogP contribution in [0.25, 0.3) is 0 Å². The van der Waals surface area contributed by atoms with E-state index in [0.717, 1.165) is 7.11 Å². The molecule has 1 heterocycles. The van der Waals surface area contributed by atoms with Crippen LogP contribution in [0.3, 0.4) is 0 Å². The molecule has 1 aromatic rings. The lowest BCUT2D eigenvalue weighted by Gasteiger charge is -2.41. The molecule has 0 aliphatic carbocycles. The maximum absolute atomic E-state index is 13.9. The van der Waals surface area contributed by atoms with Crippen molar-refractivity contribution in [2.24, 2.45) is 0 Å². The maximum atomic E-state index is 13.9. The molecule has 0 spiro atoms. The van der Waals surface area contributed by atoms with Gasteiger partial charge in [0.05, 0.1) is 13.5 Å². The summed E-state index contributed by atoms with van der Waals surface area (Å²) in [6.45, 7) is 9.79. The Balaban J connectivity index is 2.34. The Morgan fingerprint density at radius 3 is 2.10 bits per heavy atom. The lowest BCUT2D eigenvalue weighted by atomic mass is 10.0. The van der Waals surface area contributed by atoms with E-state index < -0.39 is 59.6 Å². The second kappa shape index (κ2) is 13.4. The highest BCUT2D eigenvalue weighted by Crippen LogP contribution is 2.20. The fraction of sp³-hybridized carbons (Fsp3) is 0.571. The summed E-state index contributed by atoms with van der Waals surface area (Å²) in [4.78, 5) is 78.0. The zero-order valence-corrected chi connectivity index (χ0v) is 24.1. The summed E-state index contributed by atoms with van der Waals surface area (Å²) >= 11 is 0. The SMILES string of the molecule is COC(=O)C[C@H]1C(=O)N(CC(=O)OC(C)(C)C)CCN1C(=O)[C@H](Cc1ccc(C=O)cc1)NC(=O)OC(C)(C)C. The highest BCUT2D eigenvalue weighted by Gasteiger charge is 2.42. The Morgan fingerprint density at radius 1 is 0.975 bits per heavy atom. The van der Waals surface area contributed by atoms with Gasteiger partial charge in [-0.25, -0.2) is 4.79 Å². The van der Waals surface area contributed by atoms with Gasteiger partial charge in [-0.3, -0.25) is 24.0 Å². The number of benzene rings is 1. The van der Waals surface area contributed by atoms with Crippen molar-refractivity contribution in [3.8, 4) is 0 Å². The summed E-state index contributed by atoms with van der Waals surface area (Å²) in [6, 6.07) is 4.03. The molecule has 1 aromatic carbocycles. The summed E-state index contributed by atoms with van der Waals surface area (Å²) < 4.78 is 15.4. The van der Waals surface area contributed by atoms with Gasteiger partial charge in [0.25, 0.3) is 0 Å². The van der Waals surface area contributed by atoms with Crippen LogP contribution >= 0.6 is 0 Å². The number of nitrogens with one attached hydrogen (secondary N) is 1. The Bertz CT molecular complexity index is 1100. The van der Waals surface area contributed by atoms with E-state index in [4.69, 9.17) is 14.2 Å². The predicted octanol–water partition coefficient (Wildman–Crippen LogP) is 1.88. The third-order valence-electron chi connectivity index (χ3n) is 5.74. The highest BCUT2D eigenvalue weighted by molar-refractivity contribution is 5.95. The topological polar surface area (TPSA) is 149 Å². The van der Waals surface area contributed by atoms with Crippen molar-refractivity contribution >= 4 is 36.1 Å². The second-order valence-corrected chi connectivity index (χ2v) is 11.4. The van der Waals surface area contributed by atoms with Gasteiger partial charge < -0.3 is 29.3 Å². The zero-order chi connectivity index (χ0) is 30.3. The minimum absolute atomic E-state index is 0.00832. The monoisotopic (exact) mass is 561 g/mol. The smallest absolute Gasteiger partial charge is 0.408 e. The summed E-state index contributed by atoms with van der Waals surface area (Å²) in [7, 11) is 1.16. The van der Waals surface area contributed by atoms with Gasteiger partial charge in [0.15, 0.2) is 0 Å². The number of aldehydes is 1. The molecule has 12 heteroatoms. The van der Waals surface area contributed by atoms with E-state index >= 15 is 0 Å². The minimum atomic E-state index is -1.27. The summed E-state index contributed by atoms with van der Waals surface area (Å²) in [5.41, 5.74) is -0.510. The molecule has 0 unspecified atom stereocenters. The number of methoxy groups -OCH3 is 1. The number of alkyl carbamates (subject to hydrolysis) is 1. The van der Waals surface area contributed by atoms with Gasteiger partial charge in [0.1, 0.15) is 36.1 Å². The molecule has 12 nitrogen and oxygen atoms in total. The van der Waals surface area contributed by atoms with E-state index in [1.54, 1.807) is 65.8 Å². The molecule has 2 atom stereocenters. The number of rotatable bonds is 9. The summed E-state index contributed by atoms with van der Waals surface area (Å²) in [6.07, 6.45) is -0.576. The molecule has 1 aliphatic heterocycles. The van der Waals surface area contributed by atoms with Crippen molar-refractivity contribution in [2.45, 2.75) is 77.7 Å². The zero-order valence-electron chi connectivity index (χ0n) is 24.1. The van der Waals surface area contributed by atoms with Crippen LogP contribution in [-0.2, 0) is 39.8 Å². The van der Waals surface area contributed by atoms with Crippen molar-refractivity contribution < 1.29 is 43.0 Å². The van der Waals surface area contributed by atoms with E-state index in [9.17, 15) is 28.8 Å². The lowest BCUT2D eigenvalue weighted by Crippen LogP contribution is -2.63. The van der Waals surface area contributed by atoms with Crippen molar-refractivity contribution in [3.05, 3.63) is 35.4 Å². The second-order valence-electron chi connectivity index (χ2n) is 11.4. The normalized spacial score (nSPS) is 16.6. The van der Waals surface area contributed by atoms with Crippen molar-refractivity contribution in [1.82, 2.24) is 15.1 Å². The van der Waals surface area contributed by atoms with Gasteiger partial charge in [-0.1, -0.05) is 24.3 Å². The average molecular weight is 562 g/mol. The largest absolute Gasteiger partial charge is 0.469 e. The number of carbonyl (C=O) groups is 6. The van der Waals surface area contributed by atoms with Gasteiger partial charge in [0.2, 0.25) is 11.8 Å². The van der Waals surface area contributed by atoms with Crippen LogP contribution in [-0.4, -0.2) is 96.0 Å². The van der Waals surface area contributed by atoms with E-state index in [0.29, 0.717) is 17.4 Å². The van der Waals surface area contributed by atoms with Crippen molar-refractivity contribution in [3.63, 3.8) is 0 Å². The van der Waals surface area contributed by atoms with Gasteiger partial charge in [0, 0.05) is 25.1 Å². The van der Waals surface area contributed by atoms with Gasteiger partial charge in [-0.2, -0.15) is 0 Å². The molecule has 40 heavy (non-hydrogen) atoms. The number of esters is 2. The molecule has 0 bridgehead atoms. The number of ether oxygens (including phenoxy) is 3. The van der Waals surface area contributed by atoms with Crippen LogP contribution in [0.5, 0.6) is 0 Å². The molecule has 220 valence electrons. The van der Waals surface area contributed by atoms with Gasteiger partial charge in [-0.15, -0.1) is 0 Å². The molecule has 0 saturated carbocycles. The first kappa shape index (κ1) is 32.3. The lowest BCUT2D eigenvalue weighted by molar-refractivity contribution is -0.164. The Morgan fingerprint density at radius 2 is 1.57 bits per heavy atom. The Hall–Kier alpha value is -3.96. The average Bonchev–Trinajstić information content (AvgIpc) is 2.83. The Labute approximate surface area is 234 Å². The molecule has 0 aromatic heterocycles. The quantitative estimate of drug-likeness (QED) is 0.271. The number of piperazine rings is 1. The van der Waals surface area contributed by atoms with Crippen LogP contribution in [0.2, 0.25) is 0 Å². The van der Waals surface area contributed by atoms with Gasteiger partial charge in [-0.05, 0) is 47.1 Å². The number of hydrogen-bond donors (Lipinski definition) is 1. The van der Waals surface area contributed by atoms with Crippen LogP contribution in [0.1, 0.15) is 63.9 Å². The van der Waals surface area contributed by atoms with Gasteiger partial charge >= 0.3 is 18.0 Å². The Kier molecular flexibility index (Phi) is 10.8. The number of carbonyl (C=O) groups excluding carboxylic acids is 6. The van der Waals surface area contributed by atoms with E-state index in [-0.39, 0.29) is 26.1 Å². The maximum Gasteiger partial charge on any atom is 0.408 e. The van der Waals surface area contributed by atoms with E-state index in [2.05, 4.69) is 5.32 Å². The number of nitrogens with zero attached hydrogens (tertiary/aromatic N) is 2. The number of hydrogen-bond acceptors (Lipinski definition) is 9. The molecule has 1 N–H and O–H groups in total. The van der Waals surface area contributed by atoms with Crippen LogP contribution in [0, 0.1) is 0 Å². The first-order valence-corrected chi connectivity index (χ1v) is 12.9. The third-order valence-corrected chi connectivity index (χ3v) is 5.74. The summed E-state index contributed by atoms with van der Waals surface area (Å²) in [5.74, 6) is -2.59. The molecule has 1 aliphatic rings. The molecular formula is C28H39N3O9. The van der Waals surface area contributed by atoms with Crippen molar-refractivity contribution in [2.75, 3.05) is 26.7 Å². The van der Waals surface area contributed by atoms with E-state index in [1.807, 2.05) is 0 Å². The standard InChI is InChI=1S/C28H39N3O9/c1-27(2,3)39-23(34)16-30-12-13-31(21(25(30)36)15-22(33)38-7)24(35)20(29-26(37)40-28(4,5)6)14-18-8-10-19(17-32)11-9-18/h8-11,17,20-21H,12-16H2,1-7H3,(H,29,37)/t20-,21-/m0/s1. The number of amides is 3. The molecule has 2 rings (SSSR count). The van der Waals surface area contributed by atoms with Crippen LogP contribution in [0.15, 0.2) is 24.3 Å². The van der Waals surface area contributed by atoms with Crippen LogP contribution in [0.4, 0.5) is 4.79 Å². The third kappa shape index (κ3) is 9.97. The van der Waals surface area contributed by atoms with Crippen LogP contribution < -0.4 is 5.32 Å². The highest BCUT2D eigenvalue weighted by atomic mass is 16.6. The molecule has 1 saturated heterocycles.